The van der Waals surface area contributed by atoms with Gasteiger partial charge in [0.25, 0.3) is 0 Å². The van der Waals surface area contributed by atoms with E-state index < -0.39 is 23.8 Å². The number of hydrogen-bond acceptors (Lipinski definition) is 4. The maximum Gasteiger partial charge on any atom is 0.326 e. The molecule has 2 N–H and O–H groups in total. The van der Waals surface area contributed by atoms with Crippen molar-refractivity contribution in [1.82, 2.24) is 10.2 Å². The molecule has 0 aliphatic carbocycles. The van der Waals surface area contributed by atoms with Crippen LogP contribution in [0, 0.1) is 0 Å². The summed E-state index contributed by atoms with van der Waals surface area (Å²) in [5.74, 6) is -0.419. The van der Waals surface area contributed by atoms with Gasteiger partial charge in [-0.1, -0.05) is 0 Å². The van der Waals surface area contributed by atoms with Gasteiger partial charge in [0.05, 0.1) is 11.5 Å². The summed E-state index contributed by atoms with van der Waals surface area (Å²) in [5.41, 5.74) is -1.03. The molecule has 1 fully saturated rings. The third-order valence-corrected chi connectivity index (χ3v) is 3.70. The number of alkyl halides is 2. The number of carbonyl (C=O) groups excluding carboxylic acids is 2. The Kier molecular flexibility index (Phi) is 5.96. The number of aliphatic hydroxyl groups excluding tert-OH is 1. The Labute approximate surface area is 115 Å². The maximum atomic E-state index is 14.2. The van der Waals surface area contributed by atoms with Gasteiger partial charge >= 0.3 is 6.03 Å². The Morgan fingerprint density at radius 1 is 1.63 bits per heavy atom. The summed E-state index contributed by atoms with van der Waals surface area (Å²) in [5, 5.41) is 11.0. The molecule has 0 aromatic rings. The van der Waals surface area contributed by atoms with Crippen LogP contribution in [0.15, 0.2) is 0 Å². The summed E-state index contributed by atoms with van der Waals surface area (Å²) >= 11 is 5.77. The first-order valence-electron chi connectivity index (χ1n) is 5.94. The van der Waals surface area contributed by atoms with Crippen LogP contribution in [0.2, 0.25) is 0 Å². The van der Waals surface area contributed by atoms with E-state index in [4.69, 9.17) is 21.4 Å². The molecule has 3 amide bonds. The first kappa shape index (κ1) is 16.1. The molecular weight excluding hydrogens is 279 g/mol. The Hall–Kier alpha value is -0.920. The molecular formula is C11H18ClFN2O4. The van der Waals surface area contributed by atoms with Crippen molar-refractivity contribution >= 4 is 23.5 Å². The van der Waals surface area contributed by atoms with Gasteiger partial charge in [-0.3, -0.25) is 15.0 Å². The van der Waals surface area contributed by atoms with Crippen molar-refractivity contribution in [1.29, 1.82) is 0 Å². The molecule has 0 radical (unpaired) electrons. The molecule has 0 spiro atoms. The van der Waals surface area contributed by atoms with Crippen LogP contribution in [-0.4, -0.2) is 60.0 Å². The maximum absolute atomic E-state index is 14.2. The van der Waals surface area contributed by atoms with E-state index in [-0.39, 0.29) is 38.3 Å². The Morgan fingerprint density at radius 2 is 2.32 bits per heavy atom. The minimum absolute atomic E-state index is 0.00112. The lowest BCUT2D eigenvalue weighted by molar-refractivity contribution is -0.122. The standard InChI is InChI=1S/C11H18ClFN2O4/c1-19-11(7-12,3-5-16)6-8(13)15-4-2-9(17)14-10(15)18/h8,16H,2-7H2,1H3,(H,14,17,18)/t8?,11-/m1/s1. The second-order valence-electron chi connectivity index (χ2n) is 4.43. The number of nitrogens with one attached hydrogen (secondary N) is 1. The normalized spacial score (nSPS) is 20.9. The zero-order valence-corrected chi connectivity index (χ0v) is 11.5. The van der Waals surface area contributed by atoms with E-state index >= 15 is 0 Å². The second kappa shape index (κ2) is 7.02. The zero-order valence-electron chi connectivity index (χ0n) is 10.7. The van der Waals surface area contributed by atoms with Crippen LogP contribution in [0.4, 0.5) is 9.18 Å². The van der Waals surface area contributed by atoms with E-state index in [0.717, 1.165) is 4.90 Å². The molecule has 1 unspecified atom stereocenters. The van der Waals surface area contributed by atoms with E-state index in [1.54, 1.807) is 0 Å². The average molecular weight is 297 g/mol. The molecule has 0 bridgehead atoms. The first-order chi connectivity index (χ1) is 8.98. The monoisotopic (exact) mass is 296 g/mol. The molecule has 0 aromatic heterocycles. The molecule has 19 heavy (non-hydrogen) atoms. The van der Waals surface area contributed by atoms with Gasteiger partial charge in [-0.15, -0.1) is 11.6 Å². The van der Waals surface area contributed by atoms with E-state index in [9.17, 15) is 14.0 Å². The van der Waals surface area contributed by atoms with Crippen molar-refractivity contribution in [3.63, 3.8) is 0 Å². The summed E-state index contributed by atoms with van der Waals surface area (Å²) in [6.45, 7) is -0.176. The number of carbonyl (C=O) groups is 2. The number of halogens is 2. The van der Waals surface area contributed by atoms with Crippen molar-refractivity contribution in [2.45, 2.75) is 31.2 Å². The smallest absolute Gasteiger partial charge is 0.326 e. The molecule has 1 saturated heterocycles. The van der Waals surface area contributed by atoms with Crippen LogP contribution in [0.5, 0.6) is 0 Å². The lowest BCUT2D eigenvalue weighted by Crippen LogP contribution is -2.54. The predicted molar refractivity (Wildman–Crippen MR) is 66.5 cm³/mol. The fraction of sp³-hybridized carbons (Fsp3) is 0.818. The SMILES string of the molecule is CO[C@](CCl)(CCO)CC(F)N1CCC(=O)NC1=O. The number of urea groups is 1. The fourth-order valence-electron chi connectivity index (χ4n) is 1.93. The highest BCUT2D eigenvalue weighted by molar-refractivity contribution is 6.18. The number of aliphatic hydroxyl groups is 1. The van der Waals surface area contributed by atoms with E-state index in [0.29, 0.717) is 0 Å². The largest absolute Gasteiger partial charge is 0.396 e. The summed E-state index contributed by atoms with van der Waals surface area (Å²) in [7, 11) is 1.38. The fourth-order valence-corrected chi connectivity index (χ4v) is 2.28. The highest BCUT2D eigenvalue weighted by atomic mass is 35.5. The topological polar surface area (TPSA) is 78.9 Å². The number of rotatable bonds is 7. The summed E-state index contributed by atoms with van der Waals surface area (Å²) < 4.78 is 19.4. The van der Waals surface area contributed by atoms with Crippen LogP contribution in [-0.2, 0) is 9.53 Å². The molecule has 8 heteroatoms. The van der Waals surface area contributed by atoms with Crippen LogP contribution in [0.1, 0.15) is 19.3 Å². The lowest BCUT2D eigenvalue weighted by atomic mass is 9.96. The highest BCUT2D eigenvalue weighted by Gasteiger charge is 2.37. The highest BCUT2D eigenvalue weighted by Crippen LogP contribution is 2.27. The van der Waals surface area contributed by atoms with E-state index in [2.05, 4.69) is 0 Å². The molecule has 1 aliphatic heterocycles. The molecule has 6 nitrogen and oxygen atoms in total. The summed E-state index contributed by atoms with van der Waals surface area (Å²) in [6.07, 6.45) is -1.55. The number of nitrogens with zero attached hydrogens (tertiary/aromatic N) is 1. The van der Waals surface area contributed by atoms with Gasteiger partial charge in [0.1, 0.15) is 0 Å². The Bertz CT molecular complexity index is 339. The number of hydrogen-bond donors (Lipinski definition) is 2. The van der Waals surface area contributed by atoms with Gasteiger partial charge in [-0.05, 0) is 0 Å². The van der Waals surface area contributed by atoms with Crippen LogP contribution in [0.3, 0.4) is 0 Å². The Morgan fingerprint density at radius 3 is 2.79 bits per heavy atom. The quantitative estimate of drug-likeness (QED) is 0.533. The number of imide groups is 1. The minimum Gasteiger partial charge on any atom is -0.396 e. The number of amides is 3. The van der Waals surface area contributed by atoms with Crippen LogP contribution in [0.25, 0.3) is 0 Å². The van der Waals surface area contributed by atoms with E-state index in [1.165, 1.54) is 7.11 Å². The van der Waals surface area contributed by atoms with Crippen molar-refractivity contribution in [3.05, 3.63) is 0 Å². The summed E-state index contributed by atoms with van der Waals surface area (Å²) in [4.78, 5) is 23.4. The minimum atomic E-state index is -1.63. The van der Waals surface area contributed by atoms with Gasteiger partial charge < -0.3 is 9.84 Å². The van der Waals surface area contributed by atoms with Crippen LogP contribution < -0.4 is 5.32 Å². The molecule has 0 saturated carbocycles. The zero-order chi connectivity index (χ0) is 14.5. The molecule has 1 aliphatic rings. The molecule has 1 rings (SSSR count). The van der Waals surface area contributed by atoms with Gasteiger partial charge in [-0.2, -0.15) is 0 Å². The molecule has 1 heterocycles. The third kappa shape index (κ3) is 4.02. The van der Waals surface area contributed by atoms with Crippen molar-refractivity contribution < 1.29 is 23.8 Å². The lowest BCUT2D eigenvalue weighted by Gasteiger charge is -2.36. The number of ether oxygens (including phenoxy) is 1. The summed E-state index contributed by atoms with van der Waals surface area (Å²) in [6, 6.07) is -0.757. The van der Waals surface area contributed by atoms with Gasteiger partial charge in [0.2, 0.25) is 5.91 Å². The molecule has 2 atom stereocenters. The predicted octanol–water partition coefficient (Wildman–Crippen LogP) is 0.620. The van der Waals surface area contributed by atoms with Crippen LogP contribution >= 0.6 is 11.6 Å². The second-order valence-corrected chi connectivity index (χ2v) is 4.70. The van der Waals surface area contributed by atoms with E-state index in [1.807, 2.05) is 5.32 Å². The molecule has 110 valence electrons. The van der Waals surface area contributed by atoms with Crippen molar-refractivity contribution in [3.8, 4) is 0 Å². The molecule has 0 aromatic carbocycles. The van der Waals surface area contributed by atoms with Gasteiger partial charge in [0, 0.05) is 39.5 Å². The van der Waals surface area contributed by atoms with Gasteiger partial charge in [0.15, 0.2) is 6.30 Å². The van der Waals surface area contributed by atoms with Gasteiger partial charge in [-0.25, -0.2) is 9.18 Å². The van der Waals surface area contributed by atoms with Crippen molar-refractivity contribution in [2.75, 3.05) is 26.1 Å². The first-order valence-corrected chi connectivity index (χ1v) is 6.48. The number of methoxy groups -OCH3 is 1. The third-order valence-electron chi connectivity index (χ3n) is 3.21. The average Bonchev–Trinajstić information content (AvgIpc) is 2.37. The Balaban J connectivity index is 2.68. The van der Waals surface area contributed by atoms with Crippen molar-refractivity contribution in [2.24, 2.45) is 0 Å².